The van der Waals surface area contributed by atoms with Crippen molar-refractivity contribution in [3.8, 4) is 17.0 Å². The number of hydrogen-bond donors (Lipinski definition) is 3. The number of anilines is 4. The van der Waals surface area contributed by atoms with Gasteiger partial charge in [-0.2, -0.15) is 0 Å². The Kier molecular flexibility index (Phi) is 8.96. The highest BCUT2D eigenvalue weighted by atomic mass is 16.5. The number of nitrogens with zero attached hydrogens (tertiary/aromatic N) is 7. The Balaban J connectivity index is 0.781. The van der Waals surface area contributed by atoms with E-state index >= 15 is 0 Å². The number of amides is 3. The van der Waals surface area contributed by atoms with Crippen molar-refractivity contribution in [1.29, 1.82) is 0 Å². The number of hydrogen-bond acceptors (Lipinski definition) is 11. The molecule has 0 bridgehead atoms. The fraction of sp³-hybridized carbons (Fsp3) is 0.341. The number of piperazine rings is 1. The molecule has 2 aromatic heterocycles. The van der Waals surface area contributed by atoms with E-state index in [0.717, 1.165) is 103 Å². The minimum Gasteiger partial charge on any atom is -0.474 e. The normalized spacial score (nSPS) is 19.2. The van der Waals surface area contributed by atoms with Gasteiger partial charge in [-0.05, 0) is 84.8 Å². The molecule has 3 fully saturated rings. The first-order valence-corrected chi connectivity index (χ1v) is 18.7. The molecule has 5 aliphatic rings. The average molecular weight is 723 g/mol. The number of rotatable bonds is 7. The number of aromatic nitrogens is 3. The maximum atomic E-state index is 12.2. The van der Waals surface area contributed by atoms with Crippen molar-refractivity contribution in [1.82, 2.24) is 35.0 Å². The molecule has 9 rings (SSSR count). The van der Waals surface area contributed by atoms with Crippen LogP contribution in [-0.4, -0.2) is 107 Å². The molecule has 1 aliphatic carbocycles. The van der Waals surface area contributed by atoms with Crippen LogP contribution in [0.3, 0.4) is 0 Å². The minimum atomic E-state index is -0.398. The van der Waals surface area contributed by atoms with E-state index in [-0.39, 0.29) is 5.91 Å². The quantitative estimate of drug-likeness (QED) is 0.219. The third-order valence-electron chi connectivity index (χ3n) is 11.0. The Morgan fingerprint density at radius 3 is 2.44 bits per heavy atom. The number of imide groups is 1. The number of benzene rings is 2. The largest absolute Gasteiger partial charge is 0.474 e. The maximum absolute atomic E-state index is 12.2. The van der Waals surface area contributed by atoms with Crippen LogP contribution >= 0.6 is 0 Å². The summed E-state index contributed by atoms with van der Waals surface area (Å²) in [6.07, 6.45) is 10.1. The molecule has 6 heterocycles. The van der Waals surface area contributed by atoms with Gasteiger partial charge in [0, 0.05) is 99.5 Å². The van der Waals surface area contributed by atoms with Crippen LogP contribution in [0.2, 0.25) is 0 Å². The van der Waals surface area contributed by atoms with Crippen LogP contribution in [0.4, 0.5) is 27.8 Å². The summed E-state index contributed by atoms with van der Waals surface area (Å²) in [6.45, 7) is 9.83. The van der Waals surface area contributed by atoms with Crippen LogP contribution in [0.25, 0.3) is 22.0 Å². The summed E-state index contributed by atoms with van der Waals surface area (Å²) in [5, 5.41) is 10.2. The van der Waals surface area contributed by atoms with Crippen molar-refractivity contribution in [2.24, 2.45) is 0 Å². The van der Waals surface area contributed by atoms with Gasteiger partial charge in [0.1, 0.15) is 12.3 Å². The van der Waals surface area contributed by atoms with E-state index in [1.165, 1.54) is 5.69 Å². The Morgan fingerprint density at radius 1 is 0.870 bits per heavy atom. The molecule has 3 N–H and O–H groups in total. The number of piperidine rings is 1. The Labute approximate surface area is 313 Å². The zero-order valence-corrected chi connectivity index (χ0v) is 30.3. The Hall–Kier alpha value is -6.13. The summed E-state index contributed by atoms with van der Waals surface area (Å²) >= 11 is 0. The van der Waals surface area contributed by atoms with E-state index in [0.29, 0.717) is 43.1 Å². The molecule has 3 amide bonds. The van der Waals surface area contributed by atoms with Crippen molar-refractivity contribution in [2.45, 2.75) is 32.2 Å². The highest BCUT2D eigenvalue weighted by Crippen LogP contribution is 2.36. The fourth-order valence-electron chi connectivity index (χ4n) is 7.97. The van der Waals surface area contributed by atoms with Crippen LogP contribution in [0.1, 0.15) is 24.8 Å². The zero-order chi connectivity index (χ0) is 36.6. The predicted octanol–water partition coefficient (Wildman–Crippen LogP) is 5.17. The van der Waals surface area contributed by atoms with Crippen LogP contribution in [0.5, 0.6) is 5.88 Å². The first kappa shape index (κ1) is 33.7. The number of likely N-dealkylation sites (tertiary alicyclic amines) is 1. The van der Waals surface area contributed by atoms with E-state index in [4.69, 9.17) is 9.72 Å². The van der Waals surface area contributed by atoms with Crippen LogP contribution in [0, 0.1) is 6.92 Å². The molecule has 0 spiro atoms. The van der Waals surface area contributed by atoms with E-state index < -0.39 is 6.03 Å². The molecule has 0 atom stereocenters. The highest BCUT2D eigenvalue weighted by molar-refractivity contribution is 5.97. The number of allylic oxidation sites excluding steroid dienone is 2. The molecule has 13 nitrogen and oxygen atoms in total. The number of ether oxygens (including phenoxy) is 1. The summed E-state index contributed by atoms with van der Waals surface area (Å²) in [7, 11) is 0. The third kappa shape index (κ3) is 6.76. The summed E-state index contributed by atoms with van der Waals surface area (Å²) < 4.78 is 5.72. The molecular weight excluding hydrogens is 681 g/mol. The van der Waals surface area contributed by atoms with Gasteiger partial charge in [-0.15, -0.1) is 0 Å². The monoisotopic (exact) mass is 722 g/mol. The van der Waals surface area contributed by atoms with Crippen molar-refractivity contribution < 1.29 is 14.3 Å². The minimum absolute atomic E-state index is 0.239. The SMILES string of the molecule is Cc1c(-c2ccc3cnc(Nc4ccc(N5CCN(C6CCN(C7=C=C=C(N8CCC(=O)NC8=O)C=C7)CC6)CC5)cc4)nc3c2)cnc2c1NCCO2. The number of pyridine rings is 1. The van der Waals surface area contributed by atoms with Gasteiger partial charge in [0.25, 0.3) is 0 Å². The van der Waals surface area contributed by atoms with Gasteiger partial charge in [-0.3, -0.25) is 19.9 Å². The maximum Gasteiger partial charge on any atom is 0.329 e. The number of urea groups is 1. The lowest BCUT2D eigenvalue weighted by Gasteiger charge is -2.43. The van der Waals surface area contributed by atoms with Gasteiger partial charge in [-0.1, -0.05) is 12.1 Å². The molecule has 54 heavy (non-hydrogen) atoms. The topological polar surface area (TPSA) is 131 Å². The van der Waals surface area contributed by atoms with Crippen molar-refractivity contribution >= 4 is 45.9 Å². The van der Waals surface area contributed by atoms with Gasteiger partial charge in [0.2, 0.25) is 17.7 Å². The van der Waals surface area contributed by atoms with Crippen LogP contribution in [0.15, 0.2) is 89.9 Å². The molecule has 274 valence electrons. The molecule has 0 unspecified atom stereocenters. The first-order chi connectivity index (χ1) is 26.4. The van der Waals surface area contributed by atoms with E-state index in [2.05, 4.69) is 101 Å². The Morgan fingerprint density at radius 2 is 1.67 bits per heavy atom. The summed E-state index contributed by atoms with van der Waals surface area (Å²) in [6, 6.07) is 15.0. The highest BCUT2D eigenvalue weighted by Gasteiger charge is 2.29. The number of carbonyl (C=O) groups excluding carboxylic acids is 2. The van der Waals surface area contributed by atoms with Gasteiger partial charge >= 0.3 is 6.03 Å². The number of carbonyl (C=O) groups is 2. The lowest BCUT2D eigenvalue weighted by atomic mass is 10.00. The molecule has 0 radical (unpaired) electrons. The average Bonchev–Trinajstić information content (AvgIpc) is 3.21. The molecule has 3 saturated heterocycles. The standard InChI is InChI=1S/C41H42N10O3/c1-27-35(26-43-39-38(27)42-15-23-54-39)28-2-3-29-25-44-40(46-36(29)24-28)45-30-4-6-31(7-5-30)49-19-21-50(22-20-49)33-12-16-48(17-13-33)32-8-10-34(11-9-32)51-18-14-37(52)47-41(51)53/h2-8,10,24-26,33,42H,12-23H2,1H3,(H,44,45,46)(H,47,52,53). The lowest BCUT2D eigenvalue weighted by molar-refractivity contribution is -0.121. The van der Waals surface area contributed by atoms with Gasteiger partial charge in [0.05, 0.1) is 16.9 Å². The molecule has 4 aromatic rings. The van der Waals surface area contributed by atoms with Crippen molar-refractivity contribution in [3.05, 3.63) is 95.4 Å². The zero-order valence-electron chi connectivity index (χ0n) is 30.3. The molecule has 0 saturated carbocycles. The van der Waals surface area contributed by atoms with E-state index in [1.807, 2.05) is 24.5 Å². The summed E-state index contributed by atoms with van der Waals surface area (Å²) in [5.74, 6) is 0.975. The second-order valence-corrected chi connectivity index (χ2v) is 14.2. The summed E-state index contributed by atoms with van der Waals surface area (Å²) in [4.78, 5) is 46.7. The summed E-state index contributed by atoms with van der Waals surface area (Å²) in [5.41, 5.74) is 15.2. The first-order valence-electron chi connectivity index (χ1n) is 18.7. The van der Waals surface area contributed by atoms with Crippen molar-refractivity contribution in [2.75, 3.05) is 74.5 Å². The van der Waals surface area contributed by atoms with Crippen LogP contribution in [-0.2, 0) is 4.79 Å². The lowest BCUT2D eigenvalue weighted by Crippen LogP contribution is -2.53. The third-order valence-corrected chi connectivity index (χ3v) is 11.0. The molecule has 4 aliphatic heterocycles. The van der Waals surface area contributed by atoms with E-state index in [1.54, 1.807) is 4.90 Å². The van der Waals surface area contributed by atoms with Gasteiger partial charge < -0.3 is 25.2 Å². The number of fused-ring (bicyclic) bond motifs is 2. The number of nitrogens with one attached hydrogen (secondary N) is 3. The molecular formula is C41H42N10O3. The second-order valence-electron chi connectivity index (χ2n) is 14.2. The predicted molar refractivity (Wildman–Crippen MR) is 208 cm³/mol. The van der Waals surface area contributed by atoms with Crippen molar-refractivity contribution in [3.63, 3.8) is 0 Å². The fourth-order valence-corrected chi connectivity index (χ4v) is 7.97. The van der Waals surface area contributed by atoms with Gasteiger partial charge in [-0.25, -0.2) is 19.7 Å². The van der Waals surface area contributed by atoms with Gasteiger partial charge in [0.15, 0.2) is 0 Å². The molecule has 13 heteroatoms. The smallest absolute Gasteiger partial charge is 0.329 e. The second kappa shape index (κ2) is 14.4. The van der Waals surface area contributed by atoms with Crippen LogP contribution < -0.4 is 25.6 Å². The van der Waals surface area contributed by atoms with E-state index in [9.17, 15) is 9.59 Å². The Bertz CT molecular complexity index is 2260. The molecule has 2 aromatic carbocycles.